The Balaban J connectivity index is 0.00000529. The smallest absolute Gasteiger partial charge is 0.191 e. The third kappa shape index (κ3) is 9.42. The molecule has 2 N–H and O–H groups in total. The van der Waals surface area contributed by atoms with Crippen molar-refractivity contribution in [3.8, 4) is 0 Å². The zero-order valence-corrected chi connectivity index (χ0v) is 18.8. The van der Waals surface area contributed by atoms with Crippen LogP contribution in [0.3, 0.4) is 0 Å². The number of hydrogen-bond donors (Lipinski definition) is 2. The molecule has 0 amide bonds. The summed E-state index contributed by atoms with van der Waals surface area (Å²) in [7, 11) is 2.19. The van der Waals surface area contributed by atoms with Gasteiger partial charge in [-0.15, -0.1) is 24.0 Å². The van der Waals surface area contributed by atoms with Crippen LogP contribution in [-0.4, -0.2) is 74.2 Å². The van der Waals surface area contributed by atoms with Crippen LogP contribution >= 0.6 is 24.0 Å². The maximum atomic E-state index is 4.76. The maximum Gasteiger partial charge on any atom is 0.191 e. The van der Waals surface area contributed by atoms with E-state index in [1.165, 1.54) is 45.3 Å². The average Bonchev–Trinajstić information content (AvgIpc) is 2.56. The molecule has 0 bridgehead atoms. The van der Waals surface area contributed by atoms with Gasteiger partial charge in [0, 0.05) is 38.3 Å². The molecule has 0 aromatic rings. The van der Waals surface area contributed by atoms with Crippen molar-refractivity contribution < 1.29 is 0 Å². The minimum absolute atomic E-state index is 0. The fourth-order valence-electron chi connectivity index (χ4n) is 2.98. The van der Waals surface area contributed by atoms with Crippen LogP contribution in [-0.2, 0) is 0 Å². The highest BCUT2D eigenvalue weighted by atomic mass is 127. The molecule has 0 spiro atoms. The van der Waals surface area contributed by atoms with E-state index in [4.69, 9.17) is 4.99 Å². The van der Waals surface area contributed by atoms with Crippen LogP contribution in [0.2, 0.25) is 0 Å². The topological polar surface area (TPSA) is 42.9 Å². The number of likely N-dealkylation sites (tertiary alicyclic amines) is 1. The Morgan fingerprint density at radius 1 is 1.25 bits per heavy atom. The maximum absolute atomic E-state index is 4.76. The molecule has 1 aliphatic heterocycles. The van der Waals surface area contributed by atoms with Crippen molar-refractivity contribution in [2.24, 2.45) is 4.99 Å². The molecule has 1 aliphatic rings. The second-order valence-corrected chi connectivity index (χ2v) is 6.76. The van der Waals surface area contributed by atoms with E-state index in [2.05, 4.69) is 55.2 Å². The predicted molar refractivity (Wildman–Crippen MR) is 117 cm³/mol. The fraction of sp³-hybridized carbons (Fsp3) is 0.944. The number of nitrogens with one attached hydrogen (secondary N) is 2. The van der Waals surface area contributed by atoms with Gasteiger partial charge in [-0.2, -0.15) is 0 Å². The lowest BCUT2D eigenvalue weighted by Crippen LogP contribution is -2.49. The summed E-state index contributed by atoms with van der Waals surface area (Å²) in [5.74, 6) is 0.985. The van der Waals surface area contributed by atoms with Crippen LogP contribution in [0.5, 0.6) is 0 Å². The Labute approximate surface area is 167 Å². The molecule has 1 rings (SSSR count). The van der Waals surface area contributed by atoms with Crippen molar-refractivity contribution in [1.82, 2.24) is 20.4 Å². The SMILES string of the molecule is CCCN1CCC(NC(=NCCN(C)C(C)CC)NCC)CC1.I. The molecule has 0 aromatic carbocycles. The molecule has 1 fully saturated rings. The van der Waals surface area contributed by atoms with Crippen LogP contribution in [0.25, 0.3) is 0 Å². The largest absolute Gasteiger partial charge is 0.357 e. The first-order valence-electron chi connectivity index (χ1n) is 9.58. The lowest BCUT2D eigenvalue weighted by atomic mass is 10.1. The van der Waals surface area contributed by atoms with Gasteiger partial charge in [0.15, 0.2) is 5.96 Å². The summed E-state index contributed by atoms with van der Waals surface area (Å²) in [6.45, 7) is 15.3. The van der Waals surface area contributed by atoms with E-state index >= 15 is 0 Å². The summed E-state index contributed by atoms with van der Waals surface area (Å²) >= 11 is 0. The predicted octanol–water partition coefficient (Wildman–Crippen LogP) is 2.76. The Morgan fingerprint density at radius 3 is 2.46 bits per heavy atom. The van der Waals surface area contributed by atoms with Gasteiger partial charge in [-0.1, -0.05) is 13.8 Å². The standard InChI is InChI=1S/C18H39N5.HI/c1-6-12-23-13-9-17(10-14-23)21-18(19-8-3)20-11-15-22(5)16(4)7-2;/h16-17H,6-15H2,1-5H3,(H2,19,20,21);1H. The van der Waals surface area contributed by atoms with Gasteiger partial charge in [0.1, 0.15) is 0 Å². The van der Waals surface area contributed by atoms with Crippen molar-refractivity contribution in [2.45, 2.75) is 65.5 Å². The molecule has 144 valence electrons. The molecular weight excluding hydrogens is 413 g/mol. The van der Waals surface area contributed by atoms with Crippen molar-refractivity contribution in [3.05, 3.63) is 0 Å². The minimum Gasteiger partial charge on any atom is -0.357 e. The monoisotopic (exact) mass is 453 g/mol. The third-order valence-corrected chi connectivity index (χ3v) is 4.88. The first kappa shape index (κ1) is 23.9. The van der Waals surface area contributed by atoms with Crippen LogP contribution in [0.1, 0.15) is 53.4 Å². The van der Waals surface area contributed by atoms with E-state index < -0.39 is 0 Å². The van der Waals surface area contributed by atoms with Gasteiger partial charge >= 0.3 is 0 Å². The molecule has 1 unspecified atom stereocenters. The summed E-state index contributed by atoms with van der Waals surface area (Å²) in [4.78, 5) is 9.72. The highest BCUT2D eigenvalue weighted by molar-refractivity contribution is 14.0. The summed E-state index contributed by atoms with van der Waals surface area (Å²) in [5, 5.41) is 7.02. The summed E-state index contributed by atoms with van der Waals surface area (Å²) in [5.41, 5.74) is 0. The summed E-state index contributed by atoms with van der Waals surface area (Å²) < 4.78 is 0. The normalized spacial score (nSPS) is 18.3. The van der Waals surface area contributed by atoms with Crippen LogP contribution in [0.4, 0.5) is 0 Å². The van der Waals surface area contributed by atoms with Gasteiger partial charge in [-0.05, 0) is 53.1 Å². The van der Waals surface area contributed by atoms with E-state index in [-0.39, 0.29) is 24.0 Å². The first-order valence-corrected chi connectivity index (χ1v) is 9.58. The Bertz CT molecular complexity index is 329. The van der Waals surface area contributed by atoms with Crippen LogP contribution in [0, 0.1) is 0 Å². The van der Waals surface area contributed by atoms with Crippen LogP contribution < -0.4 is 10.6 Å². The molecule has 0 aromatic heterocycles. The molecule has 5 nitrogen and oxygen atoms in total. The quantitative estimate of drug-likeness (QED) is 0.320. The molecule has 0 aliphatic carbocycles. The van der Waals surface area contributed by atoms with Gasteiger partial charge in [-0.3, -0.25) is 4.99 Å². The van der Waals surface area contributed by atoms with Gasteiger partial charge in [0.25, 0.3) is 0 Å². The minimum atomic E-state index is 0. The van der Waals surface area contributed by atoms with Crippen molar-refractivity contribution in [3.63, 3.8) is 0 Å². The Hall–Kier alpha value is -0.0800. The number of hydrogen-bond acceptors (Lipinski definition) is 3. The molecule has 24 heavy (non-hydrogen) atoms. The zero-order valence-electron chi connectivity index (χ0n) is 16.5. The number of piperidine rings is 1. The number of likely N-dealkylation sites (N-methyl/N-ethyl adjacent to an activating group) is 1. The zero-order chi connectivity index (χ0) is 17.1. The highest BCUT2D eigenvalue weighted by Crippen LogP contribution is 2.10. The van der Waals surface area contributed by atoms with Gasteiger partial charge < -0.3 is 20.4 Å². The number of halogens is 1. The lowest BCUT2D eigenvalue weighted by Gasteiger charge is -2.32. The lowest BCUT2D eigenvalue weighted by molar-refractivity contribution is 0.206. The van der Waals surface area contributed by atoms with Crippen LogP contribution in [0.15, 0.2) is 4.99 Å². The van der Waals surface area contributed by atoms with Crippen molar-refractivity contribution >= 4 is 29.9 Å². The number of aliphatic imine (C=N–C) groups is 1. The van der Waals surface area contributed by atoms with E-state index in [0.717, 1.165) is 25.6 Å². The molecular formula is C18H40IN5. The molecule has 1 atom stereocenters. The summed E-state index contributed by atoms with van der Waals surface area (Å²) in [6.07, 6.45) is 4.88. The Kier molecular flexibility index (Phi) is 14.1. The second kappa shape index (κ2) is 14.1. The highest BCUT2D eigenvalue weighted by Gasteiger charge is 2.19. The van der Waals surface area contributed by atoms with Crippen molar-refractivity contribution in [1.29, 1.82) is 0 Å². The third-order valence-electron chi connectivity index (χ3n) is 4.88. The first-order chi connectivity index (χ1) is 11.1. The van der Waals surface area contributed by atoms with E-state index in [0.29, 0.717) is 12.1 Å². The second-order valence-electron chi connectivity index (χ2n) is 6.76. The van der Waals surface area contributed by atoms with Gasteiger partial charge in [-0.25, -0.2) is 0 Å². The van der Waals surface area contributed by atoms with E-state index in [1.54, 1.807) is 0 Å². The average molecular weight is 453 g/mol. The molecule has 1 saturated heterocycles. The Morgan fingerprint density at radius 2 is 1.92 bits per heavy atom. The number of rotatable bonds is 9. The molecule has 6 heteroatoms. The van der Waals surface area contributed by atoms with E-state index in [1.807, 2.05) is 0 Å². The fourth-order valence-corrected chi connectivity index (χ4v) is 2.98. The number of nitrogens with zero attached hydrogens (tertiary/aromatic N) is 3. The van der Waals surface area contributed by atoms with Gasteiger partial charge in [0.2, 0.25) is 0 Å². The molecule has 1 heterocycles. The molecule has 0 saturated carbocycles. The molecule has 0 radical (unpaired) electrons. The summed E-state index contributed by atoms with van der Waals surface area (Å²) in [6, 6.07) is 1.19. The van der Waals surface area contributed by atoms with E-state index in [9.17, 15) is 0 Å². The van der Waals surface area contributed by atoms with Crippen molar-refractivity contribution in [2.75, 3.05) is 46.3 Å². The van der Waals surface area contributed by atoms with Gasteiger partial charge in [0.05, 0.1) is 6.54 Å². The number of guanidine groups is 1.